The van der Waals surface area contributed by atoms with Crippen LogP contribution in [-0.2, 0) is 0 Å². The summed E-state index contributed by atoms with van der Waals surface area (Å²) in [6.07, 6.45) is 6.83. The lowest BCUT2D eigenvalue weighted by Crippen LogP contribution is -1.96. The number of hydrogen-bond acceptors (Lipinski definition) is 2. The molecule has 0 fully saturated rings. The van der Waals surface area contributed by atoms with Crippen LogP contribution >= 0.6 is 0 Å². The molecule has 0 bridgehead atoms. The minimum absolute atomic E-state index is 0.827. The first-order valence-corrected chi connectivity index (χ1v) is 6.72. The predicted molar refractivity (Wildman–Crippen MR) is 81.2 cm³/mol. The number of hydrogen-bond donors (Lipinski definition) is 1. The third-order valence-electron chi connectivity index (χ3n) is 2.38. The van der Waals surface area contributed by atoms with Gasteiger partial charge in [0, 0.05) is 0 Å². The van der Waals surface area contributed by atoms with E-state index < -0.39 is 0 Å². The molecule has 0 amide bonds. The summed E-state index contributed by atoms with van der Waals surface area (Å²) in [5, 5.41) is 2.75. The van der Waals surface area contributed by atoms with Gasteiger partial charge in [0.15, 0.2) is 0 Å². The number of benzene rings is 1. The van der Waals surface area contributed by atoms with Gasteiger partial charge in [-0.3, -0.25) is 0 Å². The third kappa shape index (κ3) is 8.82. The molecule has 0 heterocycles. The summed E-state index contributed by atoms with van der Waals surface area (Å²) in [6, 6.07) is 8.04. The molecule has 0 saturated heterocycles. The van der Waals surface area contributed by atoms with Crippen molar-refractivity contribution in [1.82, 2.24) is 5.32 Å². The first-order chi connectivity index (χ1) is 8.78. The zero-order valence-corrected chi connectivity index (χ0v) is 12.0. The van der Waals surface area contributed by atoms with E-state index in [-0.39, 0.29) is 0 Å². The van der Waals surface area contributed by atoms with Crippen molar-refractivity contribution in [2.75, 3.05) is 20.7 Å². The van der Waals surface area contributed by atoms with Gasteiger partial charge >= 0.3 is 0 Å². The van der Waals surface area contributed by atoms with E-state index in [0.717, 1.165) is 24.3 Å². The Bertz CT molecular complexity index is 292. The Kier molecular flexibility index (Phi) is 11.3. The van der Waals surface area contributed by atoms with Crippen LogP contribution in [0.2, 0.25) is 0 Å². The standard InChI is InChI=1S/C14H20O.C2H7N/c1-3-5-6-7-12-15-14-10-8-13(4-2)9-11-14;1-3-2/h4,8-11H,2-3,5-7,12H2,1H3;3H,1-2H3. The van der Waals surface area contributed by atoms with E-state index in [1.807, 2.05) is 44.4 Å². The van der Waals surface area contributed by atoms with Crippen LogP contribution in [0.5, 0.6) is 5.75 Å². The molecular formula is C16H27NO. The van der Waals surface area contributed by atoms with Crippen LogP contribution in [0.3, 0.4) is 0 Å². The molecule has 1 aromatic rings. The topological polar surface area (TPSA) is 21.3 Å². The smallest absolute Gasteiger partial charge is 0.119 e. The largest absolute Gasteiger partial charge is 0.494 e. The van der Waals surface area contributed by atoms with Crippen LogP contribution in [0.4, 0.5) is 0 Å². The number of unbranched alkanes of at least 4 members (excludes halogenated alkanes) is 3. The molecule has 0 aliphatic rings. The van der Waals surface area contributed by atoms with Crippen molar-refractivity contribution in [3.05, 3.63) is 36.4 Å². The number of ether oxygens (including phenoxy) is 1. The highest BCUT2D eigenvalue weighted by Crippen LogP contribution is 2.13. The quantitative estimate of drug-likeness (QED) is 0.734. The molecule has 2 nitrogen and oxygen atoms in total. The van der Waals surface area contributed by atoms with Crippen LogP contribution in [0, 0.1) is 0 Å². The molecule has 1 aromatic carbocycles. The van der Waals surface area contributed by atoms with Gasteiger partial charge in [0.1, 0.15) is 5.75 Å². The number of nitrogens with one attached hydrogen (secondary N) is 1. The third-order valence-corrected chi connectivity index (χ3v) is 2.38. The maximum absolute atomic E-state index is 5.62. The molecular weight excluding hydrogens is 222 g/mol. The van der Waals surface area contributed by atoms with Gasteiger partial charge in [-0.2, -0.15) is 0 Å². The Labute approximate surface area is 112 Å². The monoisotopic (exact) mass is 249 g/mol. The van der Waals surface area contributed by atoms with Crippen molar-refractivity contribution >= 4 is 6.08 Å². The van der Waals surface area contributed by atoms with E-state index in [2.05, 4.69) is 18.8 Å². The Hall–Kier alpha value is -1.28. The highest BCUT2D eigenvalue weighted by molar-refractivity contribution is 5.48. The molecule has 2 heteroatoms. The maximum Gasteiger partial charge on any atom is 0.119 e. The molecule has 18 heavy (non-hydrogen) atoms. The lowest BCUT2D eigenvalue weighted by atomic mass is 10.2. The van der Waals surface area contributed by atoms with Gasteiger partial charge < -0.3 is 10.1 Å². The first kappa shape index (κ1) is 16.7. The van der Waals surface area contributed by atoms with Crippen molar-refractivity contribution in [2.24, 2.45) is 0 Å². The van der Waals surface area contributed by atoms with Crippen molar-refractivity contribution in [3.8, 4) is 5.75 Å². The zero-order chi connectivity index (χ0) is 13.6. The highest BCUT2D eigenvalue weighted by Gasteiger charge is 1.93. The normalized spacial score (nSPS) is 9.28. The van der Waals surface area contributed by atoms with Gasteiger partial charge in [0.25, 0.3) is 0 Å². The Morgan fingerprint density at radius 2 is 1.72 bits per heavy atom. The average molecular weight is 249 g/mol. The second-order valence-electron chi connectivity index (χ2n) is 4.18. The fraction of sp³-hybridized carbons (Fsp3) is 0.500. The molecule has 1 rings (SSSR count). The summed E-state index contributed by atoms with van der Waals surface area (Å²) in [5.74, 6) is 0.956. The van der Waals surface area contributed by atoms with Gasteiger partial charge in [-0.05, 0) is 38.2 Å². The van der Waals surface area contributed by atoms with Crippen LogP contribution in [0.25, 0.3) is 6.08 Å². The van der Waals surface area contributed by atoms with Crippen LogP contribution in [0.15, 0.2) is 30.8 Å². The maximum atomic E-state index is 5.62. The van der Waals surface area contributed by atoms with Crippen molar-refractivity contribution in [3.63, 3.8) is 0 Å². The lowest BCUT2D eigenvalue weighted by molar-refractivity contribution is 0.305. The summed E-state index contributed by atoms with van der Waals surface area (Å²) in [7, 11) is 3.75. The second kappa shape index (κ2) is 12.2. The first-order valence-electron chi connectivity index (χ1n) is 6.72. The highest BCUT2D eigenvalue weighted by atomic mass is 16.5. The second-order valence-corrected chi connectivity index (χ2v) is 4.18. The summed E-state index contributed by atoms with van der Waals surface area (Å²) in [6.45, 7) is 6.76. The Morgan fingerprint density at radius 1 is 1.11 bits per heavy atom. The predicted octanol–water partition coefficient (Wildman–Crippen LogP) is 4.12. The van der Waals surface area contributed by atoms with E-state index in [0.29, 0.717) is 0 Å². The molecule has 0 saturated carbocycles. The molecule has 0 aromatic heterocycles. The van der Waals surface area contributed by atoms with Gasteiger partial charge in [0.05, 0.1) is 6.61 Å². The van der Waals surface area contributed by atoms with Gasteiger partial charge in [0.2, 0.25) is 0 Å². The van der Waals surface area contributed by atoms with Gasteiger partial charge in [-0.15, -0.1) is 0 Å². The number of rotatable bonds is 7. The molecule has 0 aliphatic heterocycles. The summed E-state index contributed by atoms with van der Waals surface area (Å²) in [5.41, 5.74) is 1.13. The molecule has 102 valence electrons. The Balaban J connectivity index is 0.000000873. The van der Waals surface area contributed by atoms with Gasteiger partial charge in [-0.25, -0.2) is 0 Å². The van der Waals surface area contributed by atoms with Crippen LogP contribution in [0.1, 0.15) is 38.2 Å². The summed E-state index contributed by atoms with van der Waals surface area (Å²) < 4.78 is 5.62. The molecule has 0 aliphatic carbocycles. The zero-order valence-electron chi connectivity index (χ0n) is 12.0. The molecule has 1 N–H and O–H groups in total. The minimum Gasteiger partial charge on any atom is -0.494 e. The Morgan fingerprint density at radius 3 is 2.22 bits per heavy atom. The van der Waals surface area contributed by atoms with E-state index >= 15 is 0 Å². The molecule has 0 unspecified atom stereocenters. The van der Waals surface area contributed by atoms with Crippen LogP contribution < -0.4 is 10.1 Å². The minimum atomic E-state index is 0.827. The van der Waals surface area contributed by atoms with E-state index in [1.54, 1.807) is 0 Å². The lowest BCUT2D eigenvalue weighted by Gasteiger charge is -2.05. The van der Waals surface area contributed by atoms with E-state index in [1.165, 1.54) is 19.3 Å². The average Bonchev–Trinajstić information content (AvgIpc) is 2.40. The summed E-state index contributed by atoms with van der Waals surface area (Å²) in [4.78, 5) is 0. The van der Waals surface area contributed by atoms with Crippen molar-refractivity contribution < 1.29 is 4.74 Å². The van der Waals surface area contributed by atoms with Crippen molar-refractivity contribution in [1.29, 1.82) is 0 Å². The molecule has 0 radical (unpaired) electrons. The fourth-order valence-corrected chi connectivity index (χ4v) is 1.42. The van der Waals surface area contributed by atoms with Gasteiger partial charge in [-0.1, -0.05) is 51.0 Å². The van der Waals surface area contributed by atoms with Crippen molar-refractivity contribution in [2.45, 2.75) is 32.6 Å². The van der Waals surface area contributed by atoms with Crippen LogP contribution in [-0.4, -0.2) is 20.7 Å². The molecule has 0 spiro atoms. The molecule has 0 atom stereocenters. The summed E-state index contributed by atoms with van der Waals surface area (Å²) >= 11 is 0. The SMILES string of the molecule is C=Cc1ccc(OCCCCCC)cc1.CNC. The fourth-order valence-electron chi connectivity index (χ4n) is 1.42. The van der Waals surface area contributed by atoms with E-state index in [4.69, 9.17) is 4.74 Å². The van der Waals surface area contributed by atoms with E-state index in [9.17, 15) is 0 Å².